The lowest BCUT2D eigenvalue weighted by molar-refractivity contribution is 0.282. The van der Waals surface area contributed by atoms with Crippen molar-refractivity contribution in [3.63, 3.8) is 0 Å². The number of fused-ring (bicyclic) bond motifs is 1. The minimum atomic E-state index is 0.542. The number of rotatable bonds is 3. The number of nitrogens with zero attached hydrogens (tertiary/aromatic N) is 3. The van der Waals surface area contributed by atoms with Crippen molar-refractivity contribution in [2.45, 2.75) is 32.6 Å². The van der Waals surface area contributed by atoms with Gasteiger partial charge in [0, 0.05) is 25.9 Å². The minimum Gasteiger partial charge on any atom is -0.382 e. The van der Waals surface area contributed by atoms with E-state index in [4.69, 9.17) is 5.73 Å². The fourth-order valence-electron chi connectivity index (χ4n) is 2.12. The summed E-state index contributed by atoms with van der Waals surface area (Å²) in [4.78, 5) is 11.3. The van der Waals surface area contributed by atoms with Gasteiger partial charge in [-0.05, 0) is 13.0 Å². The van der Waals surface area contributed by atoms with Crippen LogP contribution in [0.2, 0.25) is 0 Å². The molecule has 0 saturated carbocycles. The van der Waals surface area contributed by atoms with Gasteiger partial charge in [0.2, 0.25) is 0 Å². The lowest BCUT2D eigenvalue weighted by Gasteiger charge is -2.18. The molecule has 88 valence electrons. The summed E-state index contributed by atoms with van der Waals surface area (Å²) in [6, 6.07) is 0. The van der Waals surface area contributed by atoms with E-state index < -0.39 is 0 Å². The van der Waals surface area contributed by atoms with Gasteiger partial charge in [0.15, 0.2) is 0 Å². The van der Waals surface area contributed by atoms with Gasteiger partial charge in [-0.3, -0.25) is 4.98 Å². The minimum absolute atomic E-state index is 0.542. The number of hydrogen-bond acceptors (Lipinski definition) is 4. The maximum absolute atomic E-state index is 5.66. The lowest BCUT2D eigenvalue weighted by Crippen LogP contribution is -2.27. The van der Waals surface area contributed by atoms with E-state index in [0.717, 1.165) is 37.3 Å². The molecular weight excluding hydrogens is 200 g/mol. The number of nitrogen functional groups attached to an aromatic ring is 1. The molecule has 4 nitrogen and oxygen atoms in total. The fraction of sp³-hybridized carbons (Fsp3) is 0.667. The first kappa shape index (κ1) is 11.3. The SMILES string of the molecule is CCCCN1CCc2ncc(N)nc2CC1. The predicted octanol–water partition coefficient (Wildman–Crippen LogP) is 1.26. The van der Waals surface area contributed by atoms with Crippen LogP contribution in [0.5, 0.6) is 0 Å². The summed E-state index contributed by atoms with van der Waals surface area (Å²) in [5.74, 6) is 0.542. The van der Waals surface area contributed by atoms with E-state index in [1.165, 1.54) is 19.4 Å². The summed E-state index contributed by atoms with van der Waals surface area (Å²) in [6.45, 7) is 5.62. The van der Waals surface area contributed by atoms with Gasteiger partial charge < -0.3 is 10.6 Å². The van der Waals surface area contributed by atoms with Gasteiger partial charge in [0.1, 0.15) is 5.82 Å². The third-order valence-corrected chi connectivity index (χ3v) is 3.11. The van der Waals surface area contributed by atoms with E-state index in [0.29, 0.717) is 5.82 Å². The molecule has 0 amide bonds. The fourth-order valence-corrected chi connectivity index (χ4v) is 2.12. The molecule has 2 heterocycles. The number of nitrogens with two attached hydrogens (primary N) is 1. The van der Waals surface area contributed by atoms with Crippen molar-refractivity contribution in [3.8, 4) is 0 Å². The summed E-state index contributed by atoms with van der Waals surface area (Å²) in [5.41, 5.74) is 7.89. The molecule has 16 heavy (non-hydrogen) atoms. The van der Waals surface area contributed by atoms with Crippen LogP contribution in [0.4, 0.5) is 5.82 Å². The number of aromatic nitrogens is 2. The lowest BCUT2D eigenvalue weighted by atomic mass is 10.2. The van der Waals surface area contributed by atoms with Crippen LogP contribution in [-0.2, 0) is 12.8 Å². The van der Waals surface area contributed by atoms with E-state index in [-0.39, 0.29) is 0 Å². The Labute approximate surface area is 96.9 Å². The zero-order chi connectivity index (χ0) is 11.4. The highest BCUT2D eigenvalue weighted by Crippen LogP contribution is 2.13. The van der Waals surface area contributed by atoms with E-state index in [9.17, 15) is 0 Å². The normalized spacial score (nSPS) is 16.8. The second-order valence-electron chi connectivity index (χ2n) is 4.38. The van der Waals surface area contributed by atoms with Crippen molar-refractivity contribution in [1.82, 2.24) is 14.9 Å². The summed E-state index contributed by atoms with van der Waals surface area (Å²) >= 11 is 0. The molecule has 1 aromatic rings. The second kappa shape index (κ2) is 5.25. The van der Waals surface area contributed by atoms with Crippen LogP contribution in [-0.4, -0.2) is 34.5 Å². The third-order valence-electron chi connectivity index (χ3n) is 3.11. The number of unbranched alkanes of at least 4 members (excludes halogenated alkanes) is 1. The molecule has 1 aliphatic rings. The molecule has 1 aromatic heterocycles. The Bertz CT molecular complexity index is 351. The predicted molar refractivity (Wildman–Crippen MR) is 65.2 cm³/mol. The Morgan fingerprint density at radius 2 is 2.06 bits per heavy atom. The summed E-state index contributed by atoms with van der Waals surface area (Å²) in [7, 11) is 0. The quantitative estimate of drug-likeness (QED) is 0.833. The van der Waals surface area contributed by atoms with Crippen molar-refractivity contribution >= 4 is 5.82 Å². The van der Waals surface area contributed by atoms with Crippen molar-refractivity contribution < 1.29 is 0 Å². The standard InChI is InChI=1S/C12H20N4/c1-2-3-6-16-7-4-10-11(5-8-16)15-12(13)9-14-10/h9H,2-8H2,1H3,(H2,13,15). The summed E-state index contributed by atoms with van der Waals surface area (Å²) in [5, 5.41) is 0. The van der Waals surface area contributed by atoms with Crippen LogP contribution in [0, 0.1) is 0 Å². The van der Waals surface area contributed by atoms with Crippen molar-refractivity contribution in [2.75, 3.05) is 25.4 Å². The van der Waals surface area contributed by atoms with E-state index >= 15 is 0 Å². The van der Waals surface area contributed by atoms with Crippen LogP contribution in [0.1, 0.15) is 31.2 Å². The molecule has 0 aliphatic carbocycles. The molecule has 2 N–H and O–H groups in total. The highest BCUT2D eigenvalue weighted by atomic mass is 15.1. The van der Waals surface area contributed by atoms with Crippen LogP contribution >= 0.6 is 0 Å². The Kier molecular flexibility index (Phi) is 3.72. The number of hydrogen-bond donors (Lipinski definition) is 1. The van der Waals surface area contributed by atoms with Gasteiger partial charge in [0.25, 0.3) is 0 Å². The Morgan fingerprint density at radius 3 is 2.81 bits per heavy atom. The zero-order valence-corrected chi connectivity index (χ0v) is 9.95. The van der Waals surface area contributed by atoms with E-state index in [1.54, 1.807) is 6.20 Å². The van der Waals surface area contributed by atoms with Gasteiger partial charge in [0.05, 0.1) is 17.6 Å². The van der Waals surface area contributed by atoms with Gasteiger partial charge in [-0.1, -0.05) is 13.3 Å². The van der Waals surface area contributed by atoms with Crippen molar-refractivity contribution in [2.24, 2.45) is 0 Å². The van der Waals surface area contributed by atoms with Gasteiger partial charge in [-0.15, -0.1) is 0 Å². The maximum Gasteiger partial charge on any atom is 0.142 e. The molecule has 0 bridgehead atoms. The molecule has 4 heteroatoms. The Balaban J connectivity index is 2.01. The van der Waals surface area contributed by atoms with Crippen LogP contribution in [0.15, 0.2) is 6.20 Å². The Hall–Kier alpha value is -1.16. The average molecular weight is 220 g/mol. The summed E-state index contributed by atoms with van der Waals surface area (Å²) in [6.07, 6.45) is 6.19. The Morgan fingerprint density at radius 1 is 1.31 bits per heavy atom. The first-order valence-corrected chi connectivity index (χ1v) is 6.12. The van der Waals surface area contributed by atoms with Crippen molar-refractivity contribution in [3.05, 3.63) is 17.6 Å². The van der Waals surface area contributed by atoms with Gasteiger partial charge in [-0.25, -0.2) is 4.98 Å². The molecule has 0 unspecified atom stereocenters. The molecule has 0 radical (unpaired) electrons. The van der Waals surface area contributed by atoms with Gasteiger partial charge >= 0.3 is 0 Å². The molecule has 0 fully saturated rings. The molecule has 2 rings (SSSR count). The molecule has 0 spiro atoms. The first-order chi connectivity index (χ1) is 7.79. The summed E-state index contributed by atoms with van der Waals surface area (Å²) < 4.78 is 0. The van der Waals surface area contributed by atoms with Crippen LogP contribution < -0.4 is 5.73 Å². The second-order valence-corrected chi connectivity index (χ2v) is 4.38. The molecule has 0 aromatic carbocycles. The molecule has 0 saturated heterocycles. The van der Waals surface area contributed by atoms with Crippen molar-refractivity contribution in [1.29, 1.82) is 0 Å². The molecular formula is C12H20N4. The van der Waals surface area contributed by atoms with Crippen LogP contribution in [0.25, 0.3) is 0 Å². The molecule has 0 atom stereocenters. The van der Waals surface area contributed by atoms with Gasteiger partial charge in [-0.2, -0.15) is 0 Å². The average Bonchev–Trinajstić information content (AvgIpc) is 2.48. The van der Waals surface area contributed by atoms with E-state index in [2.05, 4.69) is 21.8 Å². The third kappa shape index (κ3) is 2.70. The zero-order valence-electron chi connectivity index (χ0n) is 9.95. The topological polar surface area (TPSA) is 55.0 Å². The highest BCUT2D eigenvalue weighted by molar-refractivity contribution is 5.28. The van der Waals surface area contributed by atoms with Crippen LogP contribution in [0.3, 0.4) is 0 Å². The number of anilines is 1. The first-order valence-electron chi connectivity index (χ1n) is 6.12. The van der Waals surface area contributed by atoms with E-state index in [1.807, 2.05) is 0 Å². The highest BCUT2D eigenvalue weighted by Gasteiger charge is 2.15. The maximum atomic E-state index is 5.66. The largest absolute Gasteiger partial charge is 0.382 e. The monoisotopic (exact) mass is 220 g/mol. The molecule has 1 aliphatic heterocycles. The smallest absolute Gasteiger partial charge is 0.142 e.